The van der Waals surface area contributed by atoms with Crippen LogP contribution in [0, 0.1) is 6.92 Å². The highest BCUT2D eigenvalue weighted by Crippen LogP contribution is 2.28. The van der Waals surface area contributed by atoms with Crippen LogP contribution in [-0.4, -0.2) is 31.1 Å². The van der Waals surface area contributed by atoms with Crippen LogP contribution in [0.5, 0.6) is 0 Å². The van der Waals surface area contributed by atoms with Gasteiger partial charge in [-0.2, -0.15) is 0 Å². The third kappa shape index (κ3) is 2.60. The number of nitrogens with zero attached hydrogens (tertiary/aromatic N) is 2. The van der Waals surface area contributed by atoms with Gasteiger partial charge in [0.1, 0.15) is 10.4 Å². The first-order chi connectivity index (χ1) is 8.29. The van der Waals surface area contributed by atoms with E-state index >= 15 is 0 Å². The molecule has 1 atom stereocenters. The van der Waals surface area contributed by atoms with E-state index in [1.165, 1.54) is 4.90 Å². The Morgan fingerprint density at radius 2 is 2.11 bits per heavy atom. The van der Waals surface area contributed by atoms with E-state index in [0.29, 0.717) is 16.5 Å². The molecule has 5 nitrogen and oxygen atoms in total. The van der Waals surface area contributed by atoms with Gasteiger partial charge < -0.3 is 4.90 Å². The maximum Gasteiger partial charge on any atom is 0.237 e. The number of pyridine rings is 1. The van der Waals surface area contributed by atoms with Crippen LogP contribution in [0.1, 0.15) is 12.1 Å². The molecule has 1 saturated heterocycles. The molecule has 1 aliphatic rings. The van der Waals surface area contributed by atoms with Crippen molar-refractivity contribution in [1.82, 2.24) is 4.98 Å². The molecule has 1 aromatic heterocycles. The van der Waals surface area contributed by atoms with Gasteiger partial charge >= 0.3 is 0 Å². The topological polar surface area (TPSA) is 67.3 Å². The van der Waals surface area contributed by atoms with Crippen molar-refractivity contribution < 1.29 is 13.2 Å². The minimum Gasteiger partial charge on any atom is -0.309 e. The van der Waals surface area contributed by atoms with Crippen molar-refractivity contribution in [2.75, 3.05) is 11.4 Å². The van der Waals surface area contributed by atoms with Crippen LogP contribution in [-0.2, 0) is 13.8 Å². The van der Waals surface area contributed by atoms with E-state index in [1.54, 1.807) is 19.1 Å². The monoisotopic (exact) mass is 308 g/mol. The smallest absolute Gasteiger partial charge is 0.237 e. The van der Waals surface area contributed by atoms with Gasteiger partial charge in [-0.05, 0) is 19.1 Å². The Hall–Kier alpha value is -0.850. The summed E-state index contributed by atoms with van der Waals surface area (Å²) in [6, 6.07) is 3.20. The summed E-state index contributed by atoms with van der Waals surface area (Å²) in [6.07, 6.45) is -0.103. The van der Waals surface area contributed by atoms with Crippen molar-refractivity contribution in [3.05, 3.63) is 23.0 Å². The Balaban J connectivity index is 2.33. The SMILES string of the molecule is Cc1nc(Cl)ccc1N1CC(S(=O)(=O)Cl)CC1=O. The second-order valence-corrected chi connectivity index (χ2v) is 7.34. The fraction of sp³-hybridized carbons (Fsp3) is 0.400. The fourth-order valence-corrected chi connectivity index (χ4v) is 3.12. The molecule has 1 aromatic rings. The highest BCUT2D eigenvalue weighted by Gasteiger charge is 2.38. The Morgan fingerprint density at radius 3 is 2.61 bits per heavy atom. The van der Waals surface area contributed by atoms with E-state index in [1.807, 2.05) is 0 Å². The Bertz CT molecular complexity index is 603. The minimum absolute atomic E-state index is 0.0504. The van der Waals surface area contributed by atoms with Gasteiger partial charge in [-0.3, -0.25) is 4.79 Å². The zero-order valence-corrected chi connectivity index (χ0v) is 11.8. The third-order valence-corrected chi connectivity index (χ3v) is 4.88. The second-order valence-electron chi connectivity index (χ2n) is 4.04. The lowest BCUT2D eigenvalue weighted by Crippen LogP contribution is -2.27. The molecule has 0 bridgehead atoms. The average molecular weight is 309 g/mol. The molecule has 1 aliphatic heterocycles. The predicted octanol–water partition coefficient (Wildman–Crippen LogP) is 1.72. The highest BCUT2D eigenvalue weighted by molar-refractivity contribution is 8.14. The number of aryl methyl sites for hydroxylation is 1. The van der Waals surface area contributed by atoms with Crippen molar-refractivity contribution in [3.63, 3.8) is 0 Å². The normalized spacial score (nSPS) is 20.5. The number of rotatable bonds is 2. The van der Waals surface area contributed by atoms with Crippen molar-refractivity contribution in [2.24, 2.45) is 0 Å². The lowest BCUT2D eigenvalue weighted by atomic mass is 10.3. The van der Waals surface area contributed by atoms with E-state index in [4.69, 9.17) is 22.3 Å². The van der Waals surface area contributed by atoms with E-state index in [0.717, 1.165) is 0 Å². The first-order valence-corrected chi connectivity index (χ1v) is 7.91. The summed E-state index contributed by atoms with van der Waals surface area (Å²) >= 11 is 5.73. The van der Waals surface area contributed by atoms with Gasteiger partial charge in [0.05, 0.1) is 11.4 Å². The Kier molecular flexibility index (Phi) is 3.53. The lowest BCUT2D eigenvalue weighted by molar-refractivity contribution is -0.117. The molecular formula is C10H10Cl2N2O3S. The van der Waals surface area contributed by atoms with Crippen molar-refractivity contribution in [3.8, 4) is 0 Å². The largest absolute Gasteiger partial charge is 0.309 e. The molecule has 1 fully saturated rings. The van der Waals surface area contributed by atoms with Gasteiger partial charge in [0.2, 0.25) is 15.0 Å². The molecular weight excluding hydrogens is 299 g/mol. The summed E-state index contributed by atoms with van der Waals surface area (Å²) in [5.74, 6) is -0.281. The molecule has 98 valence electrons. The molecule has 1 unspecified atom stereocenters. The number of hydrogen-bond donors (Lipinski definition) is 0. The van der Waals surface area contributed by atoms with E-state index in [9.17, 15) is 13.2 Å². The van der Waals surface area contributed by atoms with Crippen LogP contribution in [0.3, 0.4) is 0 Å². The second kappa shape index (κ2) is 4.68. The number of anilines is 1. The van der Waals surface area contributed by atoms with E-state index < -0.39 is 14.3 Å². The average Bonchev–Trinajstić information content (AvgIpc) is 2.60. The molecule has 0 radical (unpaired) electrons. The van der Waals surface area contributed by atoms with Crippen LogP contribution in [0.4, 0.5) is 5.69 Å². The number of carbonyl (C=O) groups excluding carboxylic acids is 1. The summed E-state index contributed by atoms with van der Waals surface area (Å²) in [5, 5.41) is -0.550. The summed E-state index contributed by atoms with van der Waals surface area (Å²) in [6.45, 7) is 1.76. The quantitative estimate of drug-likeness (QED) is 0.616. The summed E-state index contributed by atoms with van der Waals surface area (Å²) in [4.78, 5) is 17.2. The van der Waals surface area contributed by atoms with Gasteiger partial charge in [-0.15, -0.1) is 0 Å². The summed E-state index contributed by atoms with van der Waals surface area (Å²) < 4.78 is 22.5. The van der Waals surface area contributed by atoms with Crippen molar-refractivity contribution in [1.29, 1.82) is 0 Å². The zero-order chi connectivity index (χ0) is 13.5. The van der Waals surface area contributed by atoms with Crippen LogP contribution in [0.15, 0.2) is 12.1 Å². The summed E-state index contributed by atoms with van der Waals surface area (Å²) in [7, 11) is 1.54. The zero-order valence-electron chi connectivity index (χ0n) is 9.43. The Labute approximate surface area is 114 Å². The van der Waals surface area contributed by atoms with Crippen molar-refractivity contribution >= 4 is 42.9 Å². The molecule has 2 rings (SSSR count). The first-order valence-electron chi connectivity index (χ1n) is 5.16. The number of amides is 1. The highest BCUT2D eigenvalue weighted by atomic mass is 35.7. The number of hydrogen-bond acceptors (Lipinski definition) is 4. The number of aromatic nitrogens is 1. The van der Waals surface area contributed by atoms with Crippen LogP contribution >= 0.6 is 22.3 Å². The fourth-order valence-electron chi connectivity index (χ4n) is 1.90. The van der Waals surface area contributed by atoms with Gasteiger partial charge in [-0.1, -0.05) is 11.6 Å². The van der Waals surface area contributed by atoms with Crippen LogP contribution < -0.4 is 4.90 Å². The first kappa shape index (κ1) is 13.6. The third-order valence-electron chi connectivity index (χ3n) is 2.80. The molecule has 0 aromatic carbocycles. The lowest BCUT2D eigenvalue weighted by Gasteiger charge is -2.18. The number of carbonyl (C=O) groups is 1. The molecule has 8 heteroatoms. The molecule has 0 aliphatic carbocycles. The Morgan fingerprint density at radius 1 is 1.44 bits per heavy atom. The van der Waals surface area contributed by atoms with Gasteiger partial charge in [0.15, 0.2) is 0 Å². The van der Waals surface area contributed by atoms with Gasteiger partial charge in [-0.25, -0.2) is 13.4 Å². The van der Waals surface area contributed by atoms with E-state index in [2.05, 4.69) is 4.98 Å². The molecule has 18 heavy (non-hydrogen) atoms. The van der Waals surface area contributed by atoms with Gasteiger partial charge in [0, 0.05) is 23.6 Å². The molecule has 0 spiro atoms. The maximum absolute atomic E-state index is 11.8. The predicted molar refractivity (Wildman–Crippen MR) is 69.5 cm³/mol. The molecule has 2 heterocycles. The standard InChI is InChI=1S/C10H10Cl2N2O3S/c1-6-8(2-3-9(11)13-6)14-5-7(4-10(14)15)18(12,16)17/h2-3,7H,4-5H2,1H3. The summed E-state index contributed by atoms with van der Waals surface area (Å²) in [5.41, 5.74) is 1.13. The molecule has 1 amide bonds. The molecule has 0 N–H and O–H groups in total. The van der Waals surface area contributed by atoms with E-state index in [-0.39, 0.29) is 18.9 Å². The van der Waals surface area contributed by atoms with Crippen LogP contribution in [0.2, 0.25) is 5.15 Å². The van der Waals surface area contributed by atoms with Gasteiger partial charge in [0.25, 0.3) is 0 Å². The minimum atomic E-state index is -3.73. The number of halogens is 2. The molecule has 0 saturated carbocycles. The maximum atomic E-state index is 11.8. The van der Waals surface area contributed by atoms with Crippen LogP contribution in [0.25, 0.3) is 0 Å². The van der Waals surface area contributed by atoms with Crippen molar-refractivity contribution in [2.45, 2.75) is 18.6 Å².